The van der Waals surface area contributed by atoms with Gasteiger partial charge in [-0.1, -0.05) is 6.42 Å². The average molecular weight is 262 g/mol. The first kappa shape index (κ1) is 12.7. The molecule has 0 spiro atoms. The summed E-state index contributed by atoms with van der Waals surface area (Å²) >= 11 is 0. The maximum atomic E-state index is 12.2. The molecule has 0 aromatic carbocycles. The van der Waals surface area contributed by atoms with E-state index in [1.165, 1.54) is 19.2 Å². The molecule has 104 valence electrons. The molecule has 4 nitrogen and oxygen atoms in total. The van der Waals surface area contributed by atoms with Crippen LogP contribution in [-0.2, 0) is 23.1 Å². The van der Waals surface area contributed by atoms with E-state index < -0.39 is 0 Å². The van der Waals surface area contributed by atoms with Crippen LogP contribution in [0.5, 0.6) is 0 Å². The molecule has 2 atom stereocenters. The number of hydrogen-bond donors (Lipinski definition) is 0. The predicted molar refractivity (Wildman–Crippen MR) is 72.5 cm³/mol. The van der Waals surface area contributed by atoms with E-state index in [-0.39, 0.29) is 11.4 Å². The Morgan fingerprint density at radius 1 is 1.58 bits per heavy atom. The van der Waals surface area contributed by atoms with Crippen LogP contribution in [0.2, 0.25) is 0 Å². The monoisotopic (exact) mass is 262 g/mol. The van der Waals surface area contributed by atoms with Crippen molar-refractivity contribution in [2.24, 2.45) is 18.4 Å². The Balaban J connectivity index is 1.75. The van der Waals surface area contributed by atoms with Crippen molar-refractivity contribution in [3.63, 3.8) is 0 Å². The van der Waals surface area contributed by atoms with Gasteiger partial charge in [0.2, 0.25) is 0 Å². The molecule has 1 saturated carbocycles. The molecule has 0 amide bonds. The summed E-state index contributed by atoms with van der Waals surface area (Å²) in [4.78, 5) is 14.6. The lowest BCUT2D eigenvalue weighted by molar-refractivity contribution is -0.153. The number of likely N-dealkylation sites (tertiary alicyclic amines) is 1. The van der Waals surface area contributed by atoms with Crippen molar-refractivity contribution in [3.8, 4) is 0 Å². The number of carbonyl (C=O) groups excluding carboxylic acids is 1. The van der Waals surface area contributed by atoms with Crippen LogP contribution in [0.15, 0.2) is 18.3 Å². The van der Waals surface area contributed by atoms with Gasteiger partial charge in [0.05, 0.1) is 12.5 Å². The molecule has 1 aliphatic carbocycles. The molecule has 4 heteroatoms. The molecule has 0 bridgehead atoms. The molecule has 0 unspecified atom stereocenters. The molecule has 2 heterocycles. The van der Waals surface area contributed by atoms with Crippen molar-refractivity contribution in [1.82, 2.24) is 9.47 Å². The van der Waals surface area contributed by atoms with Gasteiger partial charge in [0, 0.05) is 38.6 Å². The summed E-state index contributed by atoms with van der Waals surface area (Å²) < 4.78 is 7.23. The Hall–Kier alpha value is -1.29. The van der Waals surface area contributed by atoms with Crippen LogP contribution in [0.25, 0.3) is 0 Å². The van der Waals surface area contributed by atoms with Gasteiger partial charge in [0.15, 0.2) is 0 Å². The van der Waals surface area contributed by atoms with Crippen molar-refractivity contribution in [2.75, 3.05) is 20.2 Å². The molecular formula is C15H22N2O2. The van der Waals surface area contributed by atoms with Crippen LogP contribution in [0, 0.1) is 11.3 Å². The molecule has 2 aliphatic rings. The van der Waals surface area contributed by atoms with Gasteiger partial charge < -0.3 is 9.30 Å². The Labute approximate surface area is 114 Å². The molecule has 2 fully saturated rings. The zero-order valence-corrected chi connectivity index (χ0v) is 11.8. The Morgan fingerprint density at radius 3 is 3.11 bits per heavy atom. The van der Waals surface area contributed by atoms with Gasteiger partial charge in [-0.25, -0.2) is 0 Å². The molecule has 1 saturated heterocycles. The second-order valence-electron chi connectivity index (χ2n) is 6.02. The van der Waals surface area contributed by atoms with E-state index in [0.29, 0.717) is 5.92 Å². The fourth-order valence-corrected chi connectivity index (χ4v) is 3.94. The number of carbonyl (C=O) groups is 1. The maximum absolute atomic E-state index is 12.2. The van der Waals surface area contributed by atoms with Gasteiger partial charge >= 0.3 is 5.97 Å². The number of nitrogens with zero attached hydrogens (tertiary/aromatic N) is 2. The predicted octanol–water partition coefficient (Wildman–Crippen LogP) is 1.80. The zero-order valence-electron chi connectivity index (χ0n) is 11.8. The zero-order chi connectivity index (χ0) is 13.5. The van der Waals surface area contributed by atoms with Crippen LogP contribution >= 0.6 is 0 Å². The Bertz CT molecular complexity index is 482. The van der Waals surface area contributed by atoms with Crippen molar-refractivity contribution in [2.45, 2.75) is 25.8 Å². The second kappa shape index (κ2) is 4.67. The number of esters is 1. The van der Waals surface area contributed by atoms with E-state index in [1.54, 1.807) is 0 Å². The molecule has 19 heavy (non-hydrogen) atoms. The third kappa shape index (κ3) is 1.98. The SMILES string of the molecule is COC(=O)[C@]12CCC[C@H]1CN(Cc1cccn1C)C2. The van der Waals surface area contributed by atoms with Crippen molar-refractivity contribution < 1.29 is 9.53 Å². The smallest absolute Gasteiger partial charge is 0.313 e. The number of methoxy groups -OCH3 is 1. The molecule has 0 radical (unpaired) electrons. The first-order chi connectivity index (χ1) is 9.15. The first-order valence-electron chi connectivity index (χ1n) is 7.07. The number of aryl methyl sites for hydroxylation is 1. The average Bonchev–Trinajstić information content (AvgIpc) is 3.04. The molecule has 3 rings (SSSR count). The number of ether oxygens (including phenoxy) is 1. The lowest BCUT2D eigenvalue weighted by Crippen LogP contribution is -2.36. The summed E-state index contributed by atoms with van der Waals surface area (Å²) in [5.74, 6) is 0.490. The summed E-state index contributed by atoms with van der Waals surface area (Å²) in [6.45, 7) is 2.81. The third-order valence-electron chi connectivity index (χ3n) is 4.97. The minimum absolute atomic E-state index is 0.00406. The molecule has 1 aromatic heterocycles. The highest BCUT2D eigenvalue weighted by molar-refractivity contribution is 5.78. The summed E-state index contributed by atoms with van der Waals surface area (Å²) in [5.41, 5.74) is 1.08. The van der Waals surface area contributed by atoms with Gasteiger partial charge in [-0.15, -0.1) is 0 Å². The van der Waals surface area contributed by atoms with E-state index in [0.717, 1.165) is 32.5 Å². The highest BCUT2D eigenvalue weighted by atomic mass is 16.5. The lowest BCUT2D eigenvalue weighted by Gasteiger charge is -2.25. The van der Waals surface area contributed by atoms with Gasteiger partial charge in [-0.05, 0) is 30.9 Å². The Morgan fingerprint density at radius 2 is 2.42 bits per heavy atom. The molecular weight excluding hydrogens is 240 g/mol. The molecule has 1 aliphatic heterocycles. The van der Waals surface area contributed by atoms with E-state index in [2.05, 4.69) is 34.8 Å². The number of rotatable bonds is 3. The first-order valence-corrected chi connectivity index (χ1v) is 7.07. The summed E-state index contributed by atoms with van der Waals surface area (Å²) in [6, 6.07) is 4.22. The number of fused-ring (bicyclic) bond motifs is 1. The van der Waals surface area contributed by atoms with Crippen molar-refractivity contribution >= 4 is 5.97 Å². The molecule has 0 N–H and O–H groups in total. The van der Waals surface area contributed by atoms with Gasteiger partial charge in [0.1, 0.15) is 0 Å². The van der Waals surface area contributed by atoms with Crippen LogP contribution in [0.1, 0.15) is 25.0 Å². The van der Waals surface area contributed by atoms with Gasteiger partial charge in [-0.3, -0.25) is 9.69 Å². The highest BCUT2D eigenvalue weighted by Crippen LogP contribution is 2.49. The second-order valence-corrected chi connectivity index (χ2v) is 6.02. The van der Waals surface area contributed by atoms with E-state index in [4.69, 9.17) is 4.74 Å². The highest BCUT2D eigenvalue weighted by Gasteiger charge is 2.55. The minimum atomic E-state index is -0.222. The fourth-order valence-electron chi connectivity index (χ4n) is 3.94. The summed E-state index contributed by atoms with van der Waals surface area (Å²) in [6.07, 6.45) is 5.40. The number of hydrogen-bond acceptors (Lipinski definition) is 3. The largest absolute Gasteiger partial charge is 0.469 e. The van der Waals surface area contributed by atoms with E-state index in [9.17, 15) is 4.79 Å². The lowest BCUT2D eigenvalue weighted by atomic mass is 9.81. The standard InChI is InChI=1S/C15H22N2O2/c1-16-8-4-6-13(16)10-17-9-12-5-3-7-15(12,11-17)14(18)19-2/h4,6,8,12H,3,5,7,9-11H2,1-2H3/t12-,15-/m0/s1. The normalized spacial score (nSPS) is 30.5. The minimum Gasteiger partial charge on any atom is -0.469 e. The van der Waals surface area contributed by atoms with Gasteiger partial charge in [0.25, 0.3) is 0 Å². The summed E-state index contributed by atoms with van der Waals surface area (Å²) in [5, 5.41) is 0. The Kier molecular flexibility index (Phi) is 3.13. The summed E-state index contributed by atoms with van der Waals surface area (Å²) in [7, 11) is 3.59. The van der Waals surface area contributed by atoms with E-state index in [1.807, 2.05) is 0 Å². The van der Waals surface area contributed by atoms with Crippen LogP contribution in [0.3, 0.4) is 0 Å². The van der Waals surface area contributed by atoms with Crippen molar-refractivity contribution in [3.05, 3.63) is 24.0 Å². The van der Waals surface area contributed by atoms with Crippen LogP contribution in [-0.4, -0.2) is 35.6 Å². The number of aromatic nitrogens is 1. The van der Waals surface area contributed by atoms with Crippen LogP contribution in [0.4, 0.5) is 0 Å². The topological polar surface area (TPSA) is 34.5 Å². The quantitative estimate of drug-likeness (QED) is 0.779. The van der Waals surface area contributed by atoms with Crippen molar-refractivity contribution in [1.29, 1.82) is 0 Å². The maximum Gasteiger partial charge on any atom is 0.313 e. The third-order valence-corrected chi connectivity index (χ3v) is 4.97. The fraction of sp³-hybridized carbons (Fsp3) is 0.667. The van der Waals surface area contributed by atoms with Gasteiger partial charge in [-0.2, -0.15) is 0 Å². The van der Waals surface area contributed by atoms with E-state index >= 15 is 0 Å². The molecule has 1 aromatic rings. The van der Waals surface area contributed by atoms with Crippen LogP contribution < -0.4 is 0 Å².